The lowest BCUT2D eigenvalue weighted by Gasteiger charge is -2.02. The van der Waals surface area contributed by atoms with E-state index in [-0.39, 0.29) is 12.2 Å². The Morgan fingerprint density at radius 1 is 1.44 bits per heavy atom. The molecule has 0 N–H and O–H groups in total. The first-order valence-corrected chi connectivity index (χ1v) is 2.82. The fraction of sp³-hybridized carbons (Fsp3) is 0.833. The van der Waals surface area contributed by atoms with E-state index in [4.69, 9.17) is 0 Å². The van der Waals surface area contributed by atoms with Crippen LogP contribution in [-0.4, -0.2) is 19.1 Å². The van der Waals surface area contributed by atoms with E-state index in [2.05, 4.69) is 0 Å². The Bertz CT molecular complexity index is 89.1. The van der Waals surface area contributed by atoms with E-state index in [1.54, 1.807) is 0 Å². The molecule has 0 aromatic heterocycles. The van der Waals surface area contributed by atoms with E-state index in [0.29, 0.717) is 0 Å². The van der Waals surface area contributed by atoms with Gasteiger partial charge in [-0.1, -0.05) is 0 Å². The smallest absolute Gasteiger partial charge is 0.130 e. The van der Waals surface area contributed by atoms with Gasteiger partial charge in [-0.2, -0.15) is 0 Å². The number of rotatable bonds is 4. The van der Waals surface area contributed by atoms with Gasteiger partial charge in [0.1, 0.15) is 5.78 Å². The highest BCUT2D eigenvalue weighted by molar-refractivity contribution is 5.75. The molecule has 0 aliphatic heterocycles. The first kappa shape index (κ1) is 8.53. The summed E-state index contributed by atoms with van der Waals surface area (Å²) in [6.45, 7) is -0.148. The monoisotopic (exact) mass is 136 g/mol. The Morgan fingerprint density at radius 3 is 2.00 bits per heavy atom. The second-order valence-corrected chi connectivity index (χ2v) is 2.08. The van der Waals surface area contributed by atoms with Crippen molar-refractivity contribution in [2.24, 2.45) is 5.92 Å². The number of ketones is 1. The molecule has 0 unspecified atom stereocenters. The lowest BCUT2D eigenvalue weighted by atomic mass is 10.1. The second-order valence-electron chi connectivity index (χ2n) is 2.08. The second kappa shape index (κ2) is 4.41. The zero-order valence-electron chi connectivity index (χ0n) is 5.36. The van der Waals surface area contributed by atoms with Crippen LogP contribution in [0.15, 0.2) is 0 Å². The van der Waals surface area contributed by atoms with Gasteiger partial charge >= 0.3 is 0 Å². The third-order valence-corrected chi connectivity index (χ3v) is 1.01. The van der Waals surface area contributed by atoms with Gasteiger partial charge in [0.25, 0.3) is 0 Å². The van der Waals surface area contributed by atoms with Crippen LogP contribution in [0.25, 0.3) is 0 Å². The summed E-state index contributed by atoms with van der Waals surface area (Å²) in [4.78, 5) is 10.2. The van der Waals surface area contributed by atoms with Crippen LogP contribution in [-0.2, 0) is 4.79 Å². The minimum Gasteiger partial charge on any atom is -0.300 e. The number of halogens is 2. The van der Waals surface area contributed by atoms with Gasteiger partial charge in [-0.25, -0.2) is 0 Å². The van der Waals surface area contributed by atoms with E-state index in [1.807, 2.05) is 0 Å². The maximum absolute atomic E-state index is 11.6. The molecule has 0 aromatic carbocycles. The van der Waals surface area contributed by atoms with Crippen molar-refractivity contribution in [2.75, 3.05) is 13.3 Å². The minimum atomic E-state index is -0.740. The molecule has 0 heterocycles. The van der Waals surface area contributed by atoms with Crippen molar-refractivity contribution < 1.29 is 13.6 Å². The molecule has 0 fully saturated rings. The topological polar surface area (TPSA) is 17.1 Å². The summed E-state index contributed by atoms with van der Waals surface area (Å²) in [7, 11) is 0. The fourth-order valence-corrected chi connectivity index (χ4v) is 0.557. The molecule has 0 aliphatic rings. The maximum Gasteiger partial charge on any atom is 0.130 e. The van der Waals surface area contributed by atoms with Gasteiger partial charge in [0, 0.05) is 12.3 Å². The average Bonchev–Trinajstić information content (AvgIpc) is 1.82. The predicted molar refractivity (Wildman–Crippen MR) is 30.7 cm³/mol. The number of hydrogen-bond donors (Lipinski definition) is 0. The van der Waals surface area contributed by atoms with Crippen molar-refractivity contribution in [3.63, 3.8) is 0 Å². The lowest BCUT2D eigenvalue weighted by molar-refractivity contribution is -0.118. The summed E-state index contributed by atoms with van der Waals surface area (Å²) < 4.78 is 23.3. The quantitative estimate of drug-likeness (QED) is 0.572. The van der Waals surface area contributed by atoms with Gasteiger partial charge in [-0.15, -0.1) is 0 Å². The van der Waals surface area contributed by atoms with Gasteiger partial charge in [0.2, 0.25) is 0 Å². The molecule has 54 valence electrons. The van der Waals surface area contributed by atoms with Crippen LogP contribution in [0.5, 0.6) is 0 Å². The Balaban J connectivity index is 3.43. The zero-order valence-corrected chi connectivity index (χ0v) is 5.36. The molecule has 0 atom stereocenters. The Morgan fingerprint density at radius 2 is 1.89 bits per heavy atom. The SMILES string of the molecule is CC(=O)CC(CF)CF. The van der Waals surface area contributed by atoms with Gasteiger partial charge in [-0.05, 0) is 6.92 Å². The van der Waals surface area contributed by atoms with Gasteiger partial charge < -0.3 is 4.79 Å². The molecule has 9 heavy (non-hydrogen) atoms. The Labute approximate surface area is 53.1 Å². The van der Waals surface area contributed by atoms with E-state index in [0.717, 1.165) is 0 Å². The molecule has 0 saturated heterocycles. The highest BCUT2D eigenvalue weighted by atomic mass is 19.1. The molecule has 1 nitrogen and oxygen atoms in total. The largest absolute Gasteiger partial charge is 0.300 e. The number of Topliss-reactive ketones (excluding diaryl/α,β-unsaturated/α-hetero) is 1. The molecule has 0 bridgehead atoms. The highest BCUT2D eigenvalue weighted by Gasteiger charge is 2.09. The predicted octanol–water partition coefficient (Wildman–Crippen LogP) is 1.52. The van der Waals surface area contributed by atoms with Crippen molar-refractivity contribution in [3.8, 4) is 0 Å². The van der Waals surface area contributed by atoms with Crippen LogP contribution in [0.1, 0.15) is 13.3 Å². The average molecular weight is 136 g/mol. The lowest BCUT2D eigenvalue weighted by Crippen LogP contribution is -2.09. The van der Waals surface area contributed by atoms with E-state index in [1.165, 1.54) is 6.92 Å². The van der Waals surface area contributed by atoms with Crippen molar-refractivity contribution in [1.29, 1.82) is 0 Å². The maximum atomic E-state index is 11.6. The van der Waals surface area contributed by atoms with Crippen LogP contribution in [0.2, 0.25) is 0 Å². The first-order valence-electron chi connectivity index (χ1n) is 2.82. The standard InChI is InChI=1S/C6H10F2O/c1-5(9)2-6(3-7)4-8/h6H,2-4H2,1H3. The molecule has 0 saturated carbocycles. The van der Waals surface area contributed by atoms with Crippen molar-refractivity contribution in [3.05, 3.63) is 0 Å². The first-order chi connectivity index (χ1) is 4.20. The number of alkyl halides is 2. The summed E-state index contributed by atoms with van der Waals surface area (Å²) >= 11 is 0. The Hall–Kier alpha value is -0.470. The van der Waals surface area contributed by atoms with Gasteiger partial charge in [0.05, 0.1) is 13.3 Å². The van der Waals surface area contributed by atoms with E-state index < -0.39 is 19.3 Å². The molecule has 0 aromatic rings. The molecular formula is C6H10F2O. The van der Waals surface area contributed by atoms with Crippen molar-refractivity contribution >= 4 is 5.78 Å². The van der Waals surface area contributed by atoms with Crippen LogP contribution in [0.3, 0.4) is 0 Å². The third-order valence-electron chi connectivity index (χ3n) is 1.01. The molecular weight excluding hydrogens is 126 g/mol. The molecule has 0 amide bonds. The van der Waals surface area contributed by atoms with Crippen LogP contribution in [0.4, 0.5) is 8.78 Å². The third kappa shape index (κ3) is 4.06. The van der Waals surface area contributed by atoms with E-state index >= 15 is 0 Å². The number of carbonyl (C=O) groups is 1. The van der Waals surface area contributed by atoms with Crippen LogP contribution < -0.4 is 0 Å². The van der Waals surface area contributed by atoms with Gasteiger partial charge in [-0.3, -0.25) is 8.78 Å². The van der Waals surface area contributed by atoms with Crippen molar-refractivity contribution in [2.45, 2.75) is 13.3 Å². The summed E-state index contributed by atoms with van der Waals surface area (Å²) in [6, 6.07) is 0. The number of hydrogen-bond acceptors (Lipinski definition) is 1. The summed E-state index contributed by atoms with van der Waals surface area (Å²) in [6.07, 6.45) is 0.0208. The molecule has 0 rings (SSSR count). The Kier molecular flexibility index (Phi) is 4.18. The summed E-state index contributed by atoms with van der Waals surface area (Å²) in [5, 5.41) is 0. The van der Waals surface area contributed by atoms with Gasteiger partial charge in [0.15, 0.2) is 0 Å². The normalized spacial score (nSPS) is 10.2. The molecule has 0 aliphatic carbocycles. The summed E-state index contributed by atoms with van der Waals surface area (Å²) in [5.74, 6) is -0.863. The number of carbonyl (C=O) groups excluding carboxylic acids is 1. The minimum absolute atomic E-state index is 0.0208. The van der Waals surface area contributed by atoms with E-state index in [9.17, 15) is 13.6 Å². The van der Waals surface area contributed by atoms with Crippen LogP contribution in [0, 0.1) is 5.92 Å². The fourth-order valence-electron chi connectivity index (χ4n) is 0.557. The zero-order chi connectivity index (χ0) is 7.28. The molecule has 0 radical (unpaired) electrons. The molecule has 3 heteroatoms. The highest BCUT2D eigenvalue weighted by Crippen LogP contribution is 2.04. The van der Waals surface area contributed by atoms with Crippen molar-refractivity contribution in [1.82, 2.24) is 0 Å². The molecule has 0 spiro atoms. The summed E-state index contributed by atoms with van der Waals surface area (Å²) in [5.41, 5.74) is 0. The van der Waals surface area contributed by atoms with Crippen LogP contribution >= 0.6 is 0 Å².